The predicted octanol–water partition coefficient (Wildman–Crippen LogP) is 4.95. The first-order valence-electron chi connectivity index (χ1n) is 9.78. The second-order valence-corrected chi connectivity index (χ2v) is 5.63. The number of hydrogen-bond acceptors (Lipinski definition) is 6. The Morgan fingerprint density at radius 2 is 0.583 bits per heavy atom. The van der Waals surface area contributed by atoms with E-state index in [2.05, 4.69) is 19.7 Å². The van der Waals surface area contributed by atoms with Crippen LogP contribution in [0, 0.1) is 0 Å². The topological polar surface area (TPSA) is 173 Å². The summed E-state index contributed by atoms with van der Waals surface area (Å²) in [5.41, 5.74) is 0. The SMILES string of the molecule is C=CC(=O)O.C=CC(=O)O.C=CC(=O)O.Oc1ccccc1.Oc1ccccc1.Oc1ccccc1. The van der Waals surface area contributed by atoms with Gasteiger partial charge in [-0.15, -0.1) is 0 Å². The standard InChI is InChI=1S/3C6H6O.3C3H4O2/c3*7-6-4-2-1-3-5-6;3*1-2-3(4)5/h3*1-5,7H;3*2H,1H2,(H,4,5). The predicted molar refractivity (Wildman–Crippen MR) is 138 cm³/mol. The summed E-state index contributed by atoms with van der Waals surface area (Å²) in [6, 6.07) is 26.1. The zero-order valence-corrected chi connectivity index (χ0v) is 19.4. The molecule has 36 heavy (non-hydrogen) atoms. The van der Waals surface area contributed by atoms with E-state index in [0.29, 0.717) is 17.2 Å². The van der Waals surface area contributed by atoms with Crippen LogP contribution in [-0.4, -0.2) is 48.5 Å². The molecule has 0 radical (unpaired) electrons. The molecule has 0 fully saturated rings. The van der Waals surface area contributed by atoms with Crippen LogP contribution < -0.4 is 0 Å². The molecule has 0 aliphatic heterocycles. The molecule has 192 valence electrons. The number of benzene rings is 3. The maximum atomic E-state index is 9.25. The average molecular weight is 499 g/mol. The normalized spacial score (nSPS) is 7.67. The molecule has 0 aliphatic carbocycles. The molecular formula is C27H30O9. The zero-order chi connectivity index (χ0) is 28.2. The van der Waals surface area contributed by atoms with Crippen LogP contribution in [0.2, 0.25) is 0 Å². The summed E-state index contributed by atoms with van der Waals surface area (Å²) in [5, 5.41) is 48.7. The molecule has 0 unspecified atom stereocenters. The monoisotopic (exact) mass is 498 g/mol. The Hall–Kier alpha value is -5.31. The molecule has 9 heteroatoms. The summed E-state index contributed by atoms with van der Waals surface area (Å²) in [5.74, 6) is -1.98. The Labute approximate surface area is 209 Å². The third-order valence-electron chi connectivity index (χ3n) is 2.79. The maximum Gasteiger partial charge on any atom is 0.327 e. The van der Waals surface area contributed by atoms with Gasteiger partial charge in [0.05, 0.1) is 0 Å². The van der Waals surface area contributed by atoms with Gasteiger partial charge in [-0.05, 0) is 36.4 Å². The number of phenolic OH excluding ortho intramolecular Hbond substituents is 3. The highest BCUT2D eigenvalue weighted by Gasteiger charge is 1.77. The largest absolute Gasteiger partial charge is 0.508 e. The Morgan fingerprint density at radius 1 is 0.444 bits per heavy atom. The van der Waals surface area contributed by atoms with Crippen molar-refractivity contribution in [2.75, 3.05) is 0 Å². The van der Waals surface area contributed by atoms with Crippen molar-refractivity contribution in [1.82, 2.24) is 0 Å². The molecule has 9 nitrogen and oxygen atoms in total. The number of phenols is 3. The summed E-state index contributed by atoms with van der Waals surface area (Å²) < 4.78 is 0. The van der Waals surface area contributed by atoms with E-state index in [0.717, 1.165) is 18.2 Å². The van der Waals surface area contributed by atoms with Crippen molar-refractivity contribution in [2.24, 2.45) is 0 Å². The Kier molecular flexibility index (Phi) is 25.4. The molecule has 3 rings (SSSR count). The van der Waals surface area contributed by atoms with Crippen molar-refractivity contribution in [3.8, 4) is 17.2 Å². The number of carboxylic acids is 3. The van der Waals surface area contributed by atoms with Crippen molar-refractivity contribution in [3.63, 3.8) is 0 Å². The molecule has 0 spiro atoms. The van der Waals surface area contributed by atoms with E-state index in [9.17, 15) is 14.4 Å². The number of rotatable bonds is 3. The number of hydrogen-bond donors (Lipinski definition) is 6. The minimum Gasteiger partial charge on any atom is -0.508 e. The maximum absolute atomic E-state index is 9.25. The van der Waals surface area contributed by atoms with Gasteiger partial charge in [0.15, 0.2) is 0 Å². The third kappa shape index (κ3) is 36.1. The van der Waals surface area contributed by atoms with E-state index < -0.39 is 17.9 Å². The highest BCUT2D eigenvalue weighted by Crippen LogP contribution is 2.04. The van der Waals surface area contributed by atoms with E-state index in [1.54, 1.807) is 72.8 Å². The van der Waals surface area contributed by atoms with Gasteiger partial charge in [-0.1, -0.05) is 74.3 Å². The van der Waals surface area contributed by atoms with Crippen LogP contribution in [0.1, 0.15) is 0 Å². The van der Waals surface area contributed by atoms with Crippen LogP contribution >= 0.6 is 0 Å². The molecule has 3 aromatic carbocycles. The molecule has 0 bridgehead atoms. The van der Waals surface area contributed by atoms with E-state index >= 15 is 0 Å². The zero-order valence-electron chi connectivity index (χ0n) is 19.4. The van der Waals surface area contributed by atoms with Crippen LogP contribution in [0.25, 0.3) is 0 Å². The molecular weight excluding hydrogens is 468 g/mol. The lowest BCUT2D eigenvalue weighted by Gasteiger charge is -1.82. The lowest BCUT2D eigenvalue weighted by molar-refractivity contribution is -0.132. The smallest absolute Gasteiger partial charge is 0.327 e. The average Bonchev–Trinajstić information content (AvgIpc) is 2.87. The highest BCUT2D eigenvalue weighted by atomic mass is 16.4. The van der Waals surface area contributed by atoms with E-state index in [-0.39, 0.29) is 0 Å². The van der Waals surface area contributed by atoms with E-state index in [1.165, 1.54) is 0 Å². The number of para-hydroxylation sites is 3. The fraction of sp³-hybridized carbons (Fsp3) is 0. The van der Waals surface area contributed by atoms with Crippen LogP contribution in [0.15, 0.2) is 129 Å². The molecule has 0 aliphatic rings. The van der Waals surface area contributed by atoms with Crippen molar-refractivity contribution in [1.29, 1.82) is 0 Å². The first-order chi connectivity index (χ1) is 17.0. The Balaban J connectivity index is -0.000000367. The molecule has 0 heterocycles. The van der Waals surface area contributed by atoms with Gasteiger partial charge in [-0.3, -0.25) is 0 Å². The Bertz CT molecular complexity index is 856. The van der Waals surface area contributed by atoms with Gasteiger partial charge in [-0.2, -0.15) is 0 Å². The second-order valence-electron chi connectivity index (χ2n) is 5.63. The molecule has 0 saturated carbocycles. The molecule has 3 aromatic rings. The molecule has 6 N–H and O–H groups in total. The lowest BCUT2D eigenvalue weighted by Crippen LogP contribution is -1.82. The van der Waals surface area contributed by atoms with Crippen LogP contribution in [0.3, 0.4) is 0 Å². The fourth-order valence-electron chi connectivity index (χ4n) is 1.28. The minimum atomic E-state index is -0.981. The molecule has 0 saturated heterocycles. The Morgan fingerprint density at radius 3 is 0.639 bits per heavy atom. The first kappa shape index (κ1) is 35.3. The second kappa shape index (κ2) is 25.9. The fourth-order valence-corrected chi connectivity index (χ4v) is 1.28. The van der Waals surface area contributed by atoms with Gasteiger partial charge in [0, 0.05) is 18.2 Å². The molecule has 0 aromatic heterocycles. The highest BCUT2D eigenvalue weighted by molar-refractivity contribution is 5.79. The molecule has 0 amide bonds. The minimum absolute atomic E-state index is 0.322. The van der Waals surface area contributed by atoms with Crippen molar-refractivity contribution in [3.05, 3.63) is 129 Å². The lowest BCUT2D eigenvalue weighted by atomic mass is 10.3. The van der Waals surface area contributed by atoms with Gasteiger partial charge in [0.1, 0.15) is 17.2 Å². The molecule has 0 atom stereocenters. The summed E-state index contributed by atoms with van der Waals surface area (Å²) in [6.45, 7) is 8.88. The van der Waals surface area contributed by atoms with E-state index in [1.807, 2.05) is 18.2 Å². The van der Waals surface area contributed by atoms with Gasteiger partial charge < -0.3 is 30.6 Å². The third-order valence-corrected chi connectivity index (χ3v) is 2.79. The number of aliphatic carboxylic acids is 3. The van der Waals surface area contributed by atoms with E-state index in [4.69, 9.17) is 30.6 Å². The van der Waals surface area contributed by atoms with Gasteiger partial charge in [-0.25, -0.2) is 14.4 Å². The number of aromatic hydroxyl groups is 3. The van der Waals surface area contributed by atoms with Crippen LogP contribution in [-0.2, 0) is 14.4 Å². The van der Waals surface area contributed by atoms with Crippen molar-refractivity contribution in [2.45, 2.75) is 0 Å². The summed E-state index contributed by atoms with van der Waals surface area (Å²) in [6.07, 6.45) is 2.50. The summed E-state index contributed by atoms with van der Waals surface area (Å²) >= 11 is 0. The van der Waals surface area contributed by atoms with Gasteiger partial charge >= 0.3 is 17.9 Å². The summed E-state index contributed by atoms with van der Waals surface area (Å²) in [7, 11) is 0. The first-order valence-corrected chi connectivity index (χ1v) is 9.78. The quantitative estimate of drug-likeness (QED) is 0.273. The number of carboxylic acid groups (broad SMARTS) is 3. The van der Waals surface area contributed by atoms with Crippen LogP contribution in [0.5, 0.6) is 17.2 Å². The van der Waals surface area contributed by atoms with Crippen molar-refractivity contribution >= 4 is 17.9 Å². The van der Waals surface area contributed by atoms with Gasteiger partial charge in [0.2, 0.25) is 0 Å². The summed E-state index contributed by atoms with van der Waals surface area (Å²) in [4.78, 5) is 27.8. The van der Waals surface area contributed by atoms with Crippen molar-refractivity contribution < 1.29 is 45.0 Å². The van der Waals surface area contributed by atoms with Gasteiger partial charge in [0.25, 0.3) is 0 Å². The number of carbonyl (C=O) groups is 3. The van der Waals surface area contributed by atoms with Crippen LogP contribution in [0.4, 0.5) is 0 Å².